The minimum atomic E-state index is -5.06. The molecule has 0 saturated heterocycles. The van der Waals surface area contributed by atoms with Gasteiger partial charge in [0.2, 0.25) is 0 Å². The van der Waals surface area contributed by atoms with E-state index < -0.39 is 52.7 Å². The van der Waals surface area contributed by atoms with Crippen molar-refractivity contribution in [1.82, 2.24) is 0 Å². The molecule has 1 aliphatic heterocycles. The molecule has 0 fully saturated rings. The maximum absolute atomic E-state index is 11.8. The lowest BCUT2D eigenvalue weighted by atomic mass is 10.0. The van der Waals surface area contributed by atoms with Crippen molar-refractivity contribution in [3.8, 4) is 0 Å². The summed E-state index contributed by atoms with van der Waals surface area (Å²) >= 11 is 0. The standard InChI is InChI=1S/C24H42O10S/c1-18(2)15-13-11-9-7-5-3-4-6-8-10-12-14-16-20(26)32-17-19(25)22-21(27)23(24(28)33-22)34-35(29,30)31/h18-19,22,25,27H,3-17H2,1-2H3,(H,29,30,31)/t19-,22+/m0/s1. The fourth-order valence-electron chi connectivity index (χ4n) is 3.83. The molecule has 0 spiro atoms. The number of esters is 2. The van der Waals surface area contributed by atoms with E-state index in [-0.39, 0.29) is 6.42 Å². The molecule has 0 saturated carbocycles. The quantitative estimate of drug-likeness (QED) is 0.118. The number of aliphatic hydroxyl groups excluding tert-OH is 2. The Morgan fingerprint density at radius 1 is 0.943 bits per heavy atom. The van der Waals surface area contributed by atoms with Crippen LogP contribution in [-0.4, -0.2) is 53.9 Å². The molecule has 0 aromatic rings. The SMILES string of the molecule is CC(C)CCCCCCCCCCCCCCC(=O)OC[C@H](O)[C@H]1OC(=O)C(OS(=O)(=O)O)=C1O. The summed E-state index contributed by atoms with van der Waals surface area (Å²) in [6.45, 7) is 3.97. The molecule has 0 radical (unpaired) electrons. The van der Waals surface area contributed by atoms with E-state index in [1.165, 1.54) is 57.8 Å². The molecule has 0 aromatic carbocycles. The first-order valence-electron chi connectivity index (χ1n) is 12.7. The van der Waals surface area contributed by atoms with E-state index in [4.69, 9.17) is 9.29 Å². The number of unbranched alkanes of at least 4 members (excludes halogenated alkanes) is 11. The number of carbonyl (C=O) groups excluding carboxylic acids is 2. The van der Waals surface area contributed by atoms with Crippen molar-refractivity contribution in [2.75, 3.05) is 6.61 Å². The summed E-state index contributed by atoms with van der Waals surface area (Å²) in [7, 11) is -5.06. The first-order chi connectivity index (χ1) is 16.5. The lowest BCUT2D eigenvalue weighted by Crippen LogP contribution is -2.33. The van der Waals surface area contributed by atoms with E-state index in [2.05, 4.69) is 22.8 Å². The Morgan fingerprint density at radius 2 is 1.43 bits per heavy atom. The molecule has 10 nitrogen and oxygen atoms in total. The van der Waals surface area contributed by atoms with Gasteiger partial charge in [0.05, 0.1) is 0 Å². The van der Waals surface area contributed by atoms with Crippen LogP contribution in [0.5, 0.6) is 0 Å². The number of hydrogen-bond donors (Lipinski definition) is 3. The Balaban J connectivity index is 2.04. The highest BCUT2D eigenvalue weighted by molar-refractivity contribution is 7.81. The maximum Gasteiger partial charge on any atom is 0.446 e. The van der Waals surface area contributed by atoms with Gasteiger partial charge in [0.1, 0.15) is 12.7 Å². The first kappa shape index (κ1) is 31.2. The Labute approximate surface area is 209 Å². The van der Waals surface area contributed by atoms with Crippen LogP contribution >= 0.6 is 0 Å². The molecule has 0 aromatic heterocycles. The van der Waals surface area contributed by atoms with E-state index >= 15 is 0 Å². The summed E-state index contributed by atoms with van der Waals surface area (Å²) in [5.41, 5.74) is 0. The maximum atomic E-state index is 11.8. The first-order valence-corrected chi connectivity index (χ1v) is 14.0. The van der Waals surface area contributed by atoms with Crippen molar-refractivity contribution in [3.05, 3.63) is 11.5 Å². The molecular weight excluding hydrogens is 480 g/mol. The Hall–Kier alpha value is -1.85. The van der Waals surface area contributed by atoms with Gasteiger partial charge in [-0.3, -0.25) is 9.35 Å². The molecule has 204 valence electrons. The van der Waals surface area contributed by atoms with Gasteiger partial charge >= 0.3 is 22.3 Å². The Morgan fingerprint density at radius 3 is 1.91 bits per heavy atom. The molecule has 35 heavy (non-hydrogen) atoms. The van der Waals surface area contributed by atoms with Crippen LogP contribution in [0.1, 0.15) is 104 Å². The second-order valence-corrected chi connectivity index (χ2v) is 10.5. The lowest BCUT2D eigenvalue weighted by Gasteiger charge is -2.17. The Kier molecular flexibility index (Phi) is 14.9. The average Bonchev–Trinajstić information content (AvgIpc) is 3.04. The van der Waals surface area contributed by atoms with Gasteiger partial charge < -0.3 is 23.9 Å². The molecule has 0 unspecified atom stereocenters. The van der Waals surface area contributed by atoms with Crippen molar-refractivity contribution in [3.63, 3.8) is 0 Å². The Bertz CT molecular complexity index is 775. The molecule has 0 bridgehead atoms. The van der Waals surface area contributed by atoms with Gasteiger partial charge in [0.15, 0.2) is 11.9 Å². The third kappa shape index (κ3) is 14.3. The molecule has 0 amide bonds. The van der Waals surface area contributed by atoms with Gasteiger partial charge in [0, 0.05) is 6.42 Å². The summed E-state index contributed by atoms with van der Waals surface area (Å²) in [5, 5.41) is 19.8. The van der Waals surface area contributed by atoms with Crippen LogP contribution in [0.15, 0.2) is 11.5 Å². The van der Waals surface area contributed by atoms with Gasteiger partial charge in [-0.1, -0.05) is 90.9 Å². The highest BCUT2D eigenvalue weighted by atomic mass is 32.3. The van der Waals surface area contributed by atoms with E-state index in [0.717, 1.165) is 25.2 Å². The second-order valence-electron chi connectivity index (χ2n) is 9.48. The van der Waals surface area contributed by atoms with Crippen LogP contribution in [0.4, 0.5) is 0 Å². The zero-order valence-corrected chi connectivity index (χ0v) is 21.8. The summed E-state index contributed by atoms with van der Waals surface area (Å²) in [6, 6.07) is 0. The molecule has 1 rings (SSSR count). The van der Waals surface area contributed by atoms with Crippen LogP contribution in [0.2, 0.25) is 0 Å². The summed E-state index contributed by atoms with van der Waals surface area (Å²) in [4.78, 5) is 23.4. The van der Waals surface area contributed by atoms with E-state index in [0.29, 0.717) is 6.42 Å². The number of hydrogen-bond acceptors (Lipinski definition) is 9. The third-order valence-corrected chi connectivity index (χ3v) is 6.16. The number of carbonyl (C=O) groups is 2. The molecule has 0 aliphatic carbocycles. The number of ether oxygens (including phenoxy) is 2. The molecule has 1 heterocycles. The van der Waals surface area contributed by atoms with Crippen molar-refractivity contribution in [1.29, 1.82) is 0 Å². The molecule has 3 N–H and O–H groups in total. The van der Waals surface area contributed by atoms with Crippen LogP contribution in [0.3, 0.4) is 0 Å². The topological polar surface area (TPSA) is 157 Å². The summed E-state index contributed by atoms with van der Waals surface area (Å²) in [5.74, 6) is -3.29. The number of cyclic esters (lactones) is 1. The predicted molar refractivity (Wildman–Crippen MR) is 129 cm³/mol. The van der Waals surface area contributed by atoms with Crippen LogP contribution in [-0.2, 0) is 33.6 Å². The second kappa shape index (κ2) is 16.8. The van der Waals surface area contributed by atoms with Crippen molar-refractivity contribution >= 4 is 22.3 Å². The summed E-state index contributed by atoms with van der Waals surface area (Å²) in [6.07, 6.45) is 12.3. The van der Waals surface area contributed by atoms with Crippen LogP contribution in [0, 0.1) is 5.92 Å². The van der Waals surface area contributed by atoms with Gasteiger partial charge in [-0.05, 0) is 12.3 Å². The zero-order chi connectivity index (χ0) is 26.3. The van der Waals surface area contributed by atoms with Gasteiger partial charge in [-0.15, -0.1) is 0 Å². The van der Waals surface area contributed by atoms with Crippen molar-refractivity contribution in [2.45, 2.75) is 116 Å². The smallest absolute Gasteiger partial charge is 0.446 e. The van der Waals surface area contributed by atoms with Crippen molar-refractivity contribution < 1.29 is 46.4 Å². The largest absolute Gasteiger partial charge is 0.505 e. The number of aliphatic hydroxyl groups is 2. The van der Waals surface area contributed by atoms with E-state index in [9.17, 15) is 28.2 Å². The van der Waals surface area contributed by atoms with E-state index in [1.54, 1.807) is 0 Å². The molecular formula is C24H42O10S. The highest BCUT2D eigenvalue weighted by Gasteiger charge is 2.42. The molecule has 11 heteroatoms. The minimum Gasteiger partial charge on any atom is -0.505 e. The lowest BCUT2D eigenvalue weighted by molar-refractivity contribution is -0.154. The minimum absolute atomic E-state index is 0.174. The number of rotatable bonds is 20. The normalized spacial score (nSPS) is 17.1. The zero-order valence-electron chi connectivity index (χ0n) is 20.9. The van der Waals surface area contributed by atoms with Crippen molar-refractivity contribution in [2.24, 2.45) is 5.92 Å². The monoisotopic (exact) mass is 522 g/mol. The molecule has 2 atom stereocenters. The summed E-state index contributed by atoms with van der Waals surface area (Å²) < 4.78 is 43.5. The average molecular weight is 523 g/mol. The fourth-order valence-corrected chi connectivity index (χ4v) is 4.19. The highest BCUT2D eigenvalue weighted by Crippen LogP contribution is 2.25. The molecule has 1 aliphatic rings. The van der Waals surface area contributed by atoms with Gasteiger partial charge in [-0.2, -0.15) is 8.42 Å². The van der Waals surface area contributed by atoms with Gasteiger partial charge in [0.25, 0.3) is 5.76 Å². The third-order valence-electron chi connectivity index (χ3n) is 5.79. The fraction of sp³-hybridized carbons (Fsp3) is 0.833. The van der Waals surface area contributed by atoms with Crippen LogP contribution in [0.25, 0.3) is 0 Å². The van der Waals surface area contributed by atoms with E-state index in [1.807, 2.05) is 0 Å². The van der Waals surface area contributed by atoms with Crippen LogP contribution < -0.4 is 0 Å². The predicted octanol–water partition coefficient (Wildman–Crippen LogP) is 4.52. The van der Waals surface area contributed by atoms with Gasteiger partial charge in [-0.25, -0.2) is 4.79 Å².